The van der Waals surface area contributed by atoms with Crippen LogP contribution in [0.25, 0.3) is 0 Å². The van der Waals surface area contributed by atoms with Crippen LogP contribution in [0.5, 0.6) is 0 Å². The van der Waals surface area contributed by atoms with E-state index < -0.39 is 0 Å². The summed E-state index contributed by atoms with van der Waals surface area (Å²) in [5, 5.41) is 0. The molecule has 2 rings (SSSR count). The fraction of sp³-hybridized carbons (Fsp3) is 0.333. The maximum absolute atomic E-state index is 5.81. The first-order valence-corrected chi connectivity index (χ1v) is 6.98. The van der Waals surface area contributed by atoms with Crippen LogP contribution in [0.15, 0.2) is 42.6 Å². The number of alkyl halides is 1. The summed E-state index contributed by atoms with van der Waals surface area (Å²) in [4.78, 5) is 11.2. The van der Waals surface area contributed by atoms with E-state index in [9.17, 15) is 0 Å². The molecule has 0 aliphatic heterocycles. The first-order valence-electron chi connectivity index (χ1n) is 6.45. The molecule has 2 aromatic rings. The van der Waals surface area contributed by atoms with Crippen LogP contribution in [0.3, 0.4) is 0 Å². The summed E-state index contributed by atoms with van der Waals surface area (Å²) < 4.78 is 0. The second-order valence-corrected chi connectivity index (χ2v) is 4.65. The van der Waals surface area contributed by atoms with Crippen LogP contribution in [0.4, 0.5) is 0 Å². The molecule has 2 heterocycles. The summed E-state index contributed by atoms with van der Waals surface area (Å²) in [7, 11) is 0. The van der Waals surface area contributed by atoms with Crippen molar-refractivity contribution in [2.75, 3.05) is 6.54 Å². The van der Waals surface area contributed by atoms with Gasteiger partial charge in [0, 0.05) is 19.3 Å². The Labute approximate surface area is 119 Å². The van der Waals surface area contributed by atoms with Crippen LogP contribution >= 0.6 is 11.6 Å². The summed E-state index contributed by atoms with van der Waals surface area (Å²) in [5.74, 6) is 0.459. The Bertz CT molecular complexity index is 502. The van der Waals surface area contributed by atoms with E-state index in [1.807, 2.05) is 42.6 Å². The summed E-state index contributed by atoms with van der Waals surface area (Å²) in [6, 6.07) is 12.0. The van der Waals surface area contributed by atoms with Crippen LogP contribution in [0.1, 0.15) is 24.0 Å². The minimum Gasteiger partial charge on any atom is -0.292 e. The fourth-order valence-corrected chi connectivity index (χ4v) is 2.07. The average molecular weight is 276 g/mol. The number of aromatic nitrogens is 2. The van der Waals surface area contributed by atoms with Gasteiger partial charge in [0.1, 0.15) is 0 Å². The molecular weight excluding hydrogens is 258 g/mol. The molecule has 100 valence electrons. The van der Waals surface area contributed by atoms with Gasteiger partial charge in [-0.3, -0.25) is 14.9 Å². The maximum Gasteiger partial charge on any atom is 0.0647 e. The molecule has 0 saturated carbocycles. The number of nitrogens with zero attached hydrogens (tertiary/aromatic N) is 3. The van der Waals surface area contributed by atoms with E-state index in [1.165, 1.54) is 0 Å². The maximum atomic E-state index is 5.81. The van der Waals surface area contributed by atoms with Gasteiger partial charge < -0.3 is 0 Å². The number of halogens is 1. The van der Waals surface area contributed by atoms with Crippen molar-refractivity contribution in [2.45, 2.75) is 25.9 Å². The van der Waals surface area contributed by atoms with Gasteiger partial charge in [-0.2, -0.15) is 0 Å². The van der Waals surface area contributed by atoms with Crippen molar-refractivity contribution < 1.29 is 0 Å². The second kappa shape index (κ2) is 7.22. The third kappa shape index (κ3) is 4.30. The van der Waals surface area contributed by atoms with Gasteiger partial charge in [0.25, 0.3) is 0 Å². The Morgan fingerprint density at radius 1 is 1.00 bits per heavy atom. The van der Waals surface area contributed by atoms with Crippen molar-refractivity contribution in [3.63, 3.8) is 0 Å². The Kier molecular flexibility index (Phi) is 5.31. The lowest BCUT2D eigenvalue weighted by atomic mass is 10.2. The first-order chi connectivity index (χ1) is 9.31. The van der Waals surface area contributed by atoms with Crippen LogP contribution in [-0.2, 0) is 19.0 Å². The molecule has 0 N–H and O–H groups in total. The fourth-order valence-electron chi connectivity index (χ4n) is 1.92. The van der Waals surface area contributed by atoms with Crippen molar-refractivity contribution in [3.05, 3.63) is 59.7 Å². The monoisotopic (exact) mass is 275 g/mol. The minimum absolute atomic E-state index is 0.459. The topological polar surface area (TPSA) is 29.0 Å². The molecular formula is C15H18ClN3. The van der Waals surface area contributed by atoms with E-state index in [0.29, 0.717) is 5.88 Å². The van der Waals surface area contributed by atoms with Crippen LogP contribution in [0.2, 0.25) is 0 Å². The van der Waals surface area contributed by atoms with Crippen molar-refractivity contribution in [3.8, 4) is 0 Å². The highest BCUT2D eigenvalue weighted by atomic mass is 35.5. The van der Waals surface area contributed by atoms with Gasteiger partial charge in [-0.15, -0.1) is 11.6 Å². The number of hydrogen-bond donors (Lipinski definition) is 0. The molecule has 0 aromatic carbocycles. The molecule has 3 nitrogen and oxygen atoms in total. The molecule has 0 radical (unpaired) electrons. The third-order valence-corrected chi connectivity index (χ3v) is 3.22. The molecule has 0 fully saturated rings. The van der Waals surface area contributed by atoms with Gasteiger partial charge in [0.15, 0.2) is 0 Å². The van der Waals surface area contributed by atoms with Crippen molar-refractivity contribution in [2.24, 2.45) is 0 Å². The molecule has 4 heteroatoms. The Morgan fingerprint density at radius 2 is 1.74 bits per heavy atom. The number of pyridine rings is 2. The largest absolute Gasteiger partial charge is 0.292 e. The standard InChI is InChI=1S/C15H18ClN3/c1-2-19(11-14-6-3-4-9-17-14)12-15-8-5-7-13(10-16)18-15/h3-9H,2,10-12H2,1H3. The SMILES string of the molecule is CCN(Cc1ccccn1)Cc1cccc(CCl)n1. The predicted octanol–water partition coefficient (Wildman–Crippen LogP) is 3.24. The quantitative estimate of drug-likeness (QED) is 0.758. The second-order valence-electron chi connectivity index (χ2n) is 4.38. The molecule has 0 bridgehead atoms. The molecule has 0 atom stereocenters. The number of rotatable bonds is 6. The van der Waals surface area contributed by atoms with Crippen molar-refractivity contribution >= 4 is 11.6 Å². The molecule has 0 amide bonds. The zero-order chi connectivity index (χ0) is 13.5. The van der Waals surface area contributed by atoms with Gasteiger partial charge >= 0.3 is 0 Å². The Morgan fingerprint density at radius 3 is 2.42 bits per heavy atom. The van der Waals surface area contributed by atoms with E-state index in [0.717, 1.165) is 36.7 Å². The first kappa shape index (κ1) is 14.0. The summed E-state index contributed by atoms with van der Waals surface area (Å²) in [5.41, 5.74) is 3.06. The number of hydrogen-bond acceptors (Lipinski definition) is 3. The smallest absolute Gasteiger partial charge is 0.0647 e. The lowest BCUT2D eigenvalue weighted by Crippen LogP contribution is -2.23. The lowest BCUT2D eigenvalue weighted by Gasteiger charge is -2.19. The van der Waals surface area contributed by atoms with Gasteiger partial charge in [-0.1, -0.05) is 19.1 Å². The van der Waals surface area contributed by atoms with Gasteiger partial charge in [-0.25, -0.2) is 0 Å². The van der Waals surface area contributed by atoms with Gasteiger partial charge in [0.05, 0.1) is 23.0 Å². The van der Waals surface area contributed by atoms with Crippen molar-refractivity contribution in [1.29, 1.82) is 0 Å². The van der Waals surface area contributed by atoms with Gasteiger partial charge in [0.2, 0.25) is 0 Å². The molecule has 19 heavy (non-hydrogen) atoms. The zero-order valence-electron chi connectivity index (χ0n) is 11.1. The van der Waals surface area contributed by atoms with Crippen molar-refractivity contribution in [1.82, 2.24) is 14.9 Å². The Hall–Kier alpha value is -1.45. The molecule has 0 spiro atoms. The summed E-state index contributed by atoms with van der Waals surface area (Å²) in [6.07, 6.45) is 1.83. The molecule has 0 aliphatic carbocycles. The van der Waals surface area contributed by atoms with E-state index in [2.05, 4.69) is 21.8 Å². The van der Waals surface area contributed by atoms with E-state index in [4.69, 9.17) is 11.6 Å². The molecule has 2 aromatic heterocycles. The Balaban J connectivity index is 2.02. The normalized spacial score (nSPS) is 10.9. The van der Waals surface area contributed by atoms with E-state index in [1.54, 1.807) is 0 Å². The predicted molar refractivity (Wildman–Crippen MR) is 77.8 cm³/mol. The minimum atomic E-state index is 0.459. The molecule has 0 unspecified atom stereocenters. The summed E-state index contributed by atoms with van der Waals surface area (Å²) in [6.45, 7) is 4.76. The summed E-state index contributed by atoms with van der Waals surface area (Å²) >= 11 is 5.81. The highest BCUT2D eigenvalue weighted by molar-refractivity contribution is 6.16. The molecule has 0 aliphatic rings. The average Bonchev–Trinajstić information content (AvgIpc) is 2.48. The van der Waals surface area contributed by atoms with E-state index >= 15 is 0 Å². The highest BCUT2D eigenvalue weighted by Gasteiger charge is 2.07. The van der Waals surface area contributed by atoms with Gasteiger partial charge in [-0.05, 0) is 30.8 Å². The lowest BCUT2D eigenvalue weighted by molar-refractivity contribution is 0.265. The zero-order valence-corrected chi connectivity index (χ0v) is 11.8. The third-order valence-electron chi connectivity index (χ3n) is 2.95. The highest BCUT2D eigenvalue weighted by Crippen LogP contribution is 2.08. The van der Waals surface area contributed by atoms with Crippen LogP contribution in [-0.4, -0.2) is 21.4 Å². The van der Waals surface area contributed by atoms with Crippen LogP contribution < -0.4 is 0 Å². The van der Waals surface area contributed by atoms with Crippen LogP contribution in [0, 0.1) is 0 Å². The molecule has 0 saturated heterocycles. The van der Waals surface area contributed by atoms with E-state index in [-0.39, 0.29) is 0 Å².